The van der Waals surface area contributed by atoms with E-state index in [9.17, 15) is 0 Å². The van der Waals surface area contributed by atoms with Crippen LogP contribution < -0.4 is 0 Å². The van der Waals surface area contributed by atoms with E-state index < -0.39 is 0 Å². The standard InChI is InChI=1S/C49H33N5S/c1-49(2)40-26-35(18-21-36(40)37-27-42-45(28-41(37)49)55-29-50-42)34-20-23-44-39(25-34)38-24-33(30-12-6-3-7-13-30)19-22-43(38)54(44)48-52-46(31-14-8-4-9-15-31)51-47(53-48)32-16-10-5-11-17-32/h3-29H,1-2H3. The average molecular weight is 724 g/mol. The van der Waals surface area contributed by atoms with Crippen molar-refractivity contribution < 1.29 is 0 Å². The molecular formula is C49H33N5S. The largest absolute Gasteiger partial charge is 0.278 e. The van der Waals surface area contributed by atoms with Crippen molar-refractivity contribution in [1.82, 2.24) is 24.5 Å². The summed E-state index contributed by atoms with van der Waals surface area (Å²) in [5.41, 5.74) is 16.8. The Balaban J connectivity index is 1.13. The summed E-state index contributed by atoms with van der Waals surface area (Å²) in [5, 5.41) is 2.28. The zero-order chi connectivity index (χ0) is 36.7. The molecule has 0 atom stereocenters. The second-order valence-corrected chi connectivity index (χ2v) is 15.7. The predicted molar refractivity (Wildman–Crippen MR) is 227 cm³/mol. The minimum absolute atomic E-state index is 0.130. The van der Waals surface area contributed by atoms with Crippen LogP contribution in [0.5, 0.6) is 0 Å². The highest BCUT2D eigenvalue weighted by molar-refractivity contribution is 7.16. The number of hydrogen-bond acceptors (Lipinski definition) is 5. The third-order valence-electron chi connectivity index (χ3n) is 11.2. The number of rotatable bonds is 5. The summed E-state index contributed by atoms with van der Waals surface area (Å²) in [6.45, 7) is 4.69. The molecule has 5 nitrogen and oxygen atoms in total. The van der Waals surface area contributed by atoms with Crippen LogP contribution >= 0.6 is 11.3 Å². The SMILES string of the molecule is CC1(C)c2cc(-c3ccc4c(c3)c3cc(-c5ccccc5)ccc3n4-c3nc(-c4ccccc4)nc(-c4ccccc4)n3)ccc2-c2cc3ncsc3cc21. The van der Waals surface area contributed by atoms with Crippen LogP contribution in [-0.4, -0.2) is 24.5 Å². The highest BCUT2D eigenvalue weighted by Gasteiger charge is 2.36. The van der Waals surface area contributed by atoms with Crippen molar-refractivity contribution in [2.75, 3.05) is 0 Å². The Morgan fingerprint density at radius 2 is 1.00 bits per heavy atom. The van der Waals surface area contributed by atoms with E-state index in [-0.39, 0.29) is 5.41 Å². The number of aromatic nitrogens is 5. The summed E-state index contributed by atoms with van der Waals surface area (Å²) in [4.78, 5) is 19.9. The number of thiazole rings is 1. The molecule has 0 saturated carbocycles. The Hall–Kier alpha value is -6.76. The van der Waals surface area contributed by atoms with E-state index in [0.29, 0.717) is 17.6 Å². The van der Waals surface area contributed by atoms with Gasteiger partial charge >= 0.3 is 0 Å². The van der Waals surface area contributed by atoms with Gasteiger partial charge in [-0.15, -0.1) is 11.3 Å². The highest BCUT2D eigenvalue weighted by atomic mass is 32.1. The van der Waals surface area contributed by atoms with Gasteiger partial charge in [-0.1, -0.05) is 129 Å². The Bertz CT molecular complexity index is 3050. The van der Waals surface area contributed by atoms with E-state index in [1.165, 1.54) is 43.6 Å². The summed E-state index contributed by atoms with van der Waals surface area (Å²) in [6.07, 6.45) is 0. The van der Waals surface area contributed by atoms with Crippen LogP contribution in [0.25, 0.3) is 94.1 Å². The Labute approximate surface area is 322 Å². The third-order valence-corrected chi connectivity index (χ3v) is 12.0. The van der Waals surface area contributed by atoms with E-state index >= 15 is 0 Å². The first-order valence-corrected chi connectivity index (χ1v) is 19.4. The molecule has 0 spiro atoms. The van der Waals surface area contributed by atoms with E-state index in [2.05, 4.69) is 120 Å². The van der Waals surface area contributed by atoms with E-state index in [1.54, 1.807) is 11.3 Å². The number of hydrogen-bond donors (Lipinski definition) is 0. The average Bonchev–Trinajstić information content (AvgIpc) is 3.91. The first kappa shape index (κ1) is 31.7. The maximum Gasteiger partial charge on any atom is 0.238 e. The van der Waals surface area contributed by atoms with Crippen LogP contribution in [0.15, 0.2) is 163 Å². The van der Waals surface area contributed by atoms with Crippen LogP contribution in [0.4, 0.5) is 0 Å². The first-order valence-electron chi connectivity index (χ1n) is 18.5. The molecule has 6 heteroatoms. The van der Waals surface area contributed by atoms with Crippen LogP contribution in [0.2, 0.25) is 0 Å². The van der Waals surface area contributed by atoms with Crippen LogP contribution in [0, 0.1) is 0 Å². The van der Waals surface area contributed by atoms with Gasteiger partial charge in [0.25, 0.3) is 0 Å². The molecule has 0 radical (unpaired) electrons. The molecule has 0 aliphatic heterocycles. The molecule has 1 aliphatic carbocycles. The fourth-order valence-electron chi connectivity index (χ4n) is 8.39. The fraction of sp³-hybridized carbons (Fsp3) is 0.0612. The molecule has 0 bridgehead atoms. The van der Waals surface area contributed by atoms with Crippen molar-refractivity contribution in [3.05, 3.63) is 174 Å². The number of fused-ring (bicyclic) bond motifs is 7. The predicted octanol–water partition coefficient (Wildman–Crippen LogP) is 12.6. The Morgan fingerprint density at radius 3 is 1.62 bits per heavy atom. The third kappa shape index (κ3) is 5.06. The van der Waals surface area contributed by atoms with Crippen LogP contribution in [0.3, 0.4) is 0 Å². The van der Waals surface area contributed by atoms with E-state index in [1.807, 2.05) is 66.2 Å². The van der Waals surface area contributed by atoms with Crippen molar-refractivity contribution in [3.63, 3.8) is 0 Å². The first-order chi connectivity index (χ1) is 27.0. The van der Waals surface area contributed by atoms with E-state index in [4.69, 9.17) is 15.0 Å². The molecule has 0 fully saturated rings. The van der Waals surface area contributed by atoms with Gasteiger partial charge in [0.1, 0.15) is 0 Å². The summed E-state index contributed by atoms with van der Waals surface area (Å²) in [7, 11) is 0. The van der Waals surface area contributed by atoms with Gasteiger partial charge in [0, 0.05) is 27.3 Å². The topological polar surface area (TPSA) is 56.5 Å². The van der Waals surface area contributed by atoms with Crippen LogP contribution in [-0.2, 0) is 5.41 Å². The second kappa shape index (κ2) is 12.1. The molecule has 7 aromatic carbocycles. The molecule has 10 aromatic rings. The van der Waals surface area contributed by atoms with Gasteiger partial charge in [-0.25, -0.2) is 9.97 Å². The summed E-state index contributed by atoms with van der Waals surface area (Å²) < 4.78 is 3.44. The van der Waals surface area contributed by atoms with Gasteiger partial charge in [0.2, 0.25) is 5.95 Å². The second-order valence-electron chi connectivity index (χ2n) is 14.8. The molecule has 11 rings (SSSR count). The molecule has 1 aliphatic rings. The minimum atomic E-state index is -0.130. The Kier molecular flexibility index (Phi) is 7.00. The molecule has 55 heavy (non-hydrogen) atoms. The van der Waals surface area contributed by atoms with Crippen molar-refractivity contribution in [1.29, 1.82) is 0 Å². The molecule has 0 unspecified atom stereocenters. The maximum absolute atomic E-state index is 5.16. The van der Waals surface area contributed by atoms with Gasteiger partial charge in [-0.3, -0.25) is 4.57 Å². The highest BCUT2D eigenvalue weighted by Crippen LogP contribution is 2.51. The molecule has 0 N–H and O–H groups in total. The van der Waals surface area contributed by atoms with Crippen molar-refractivity contribution in [2.45, 2.75) is 19.3 Å². The lowest BCUT2D eigenvalue weighted by atomic mass is 9.81. The van der Waals surface area contributed by atoms with Crippen molar-refractivity contribution >= 4 is 43.4 Å². The van der Waals surface area contributed by atoms with Gasteiger partial charge in [0.15, 0.2) is 11.6 Å². The monoisotopic (exact) mass is 723 g/mol. The van der Waals surface area contributed by atoms with Gasteiger partial charge in [-0.05, 0) is 87.0 Å². The lowest BCUT2D eigenvalue weighted by Gasteiger charge is -2.22. The quantitative estimate of drug-likeness (QED) is 0.177. The Morgan fingerprint density at radius 1 is 0.473 bits per heavy atom. The number of nitrogens with zero attached hydrogens (tertiary/aromatic N) is 5. The zero-order valence-corrected chi connectivity index (χ0v) is 31.0. The normalized spacial score (nSPS) is 13.1. The van der Waals surface area contributed by atoms with Gasteiger partial charge in [0.05, 0.1) is 26.8 Å². The summed E-state index contributed by atoms with van der Waals surface area (Å²) in [6, 6.07) is 56.0. The molecule has 0 amide bonds. The van der Waals surface area contributed by atoms with Crippen molar-refractivity contribution in [2.24, 2.45) is 0 Å². The fourth-order valence-corrected chi connectivity index (χ4v) is 9.09. The summed E-state index contributed by atoms with van der Waals surface area (Å²) >= 11 is 1.71. The molecular weight excluding hydrogens is 691 g/mol. The molecule has 0 saturated heterocycles. The maximum atomic E-state index is 5.16. The van der Waals surface area contributed by atoms with Gasteiger partial charge in [-0.2, -0.15) is 9.97 Å². The number of benzene rings is 7. The molecule has 260 valence electrons. The molecule has 3 aromatic heterocycles. The smallest absolute Gasteiger partial charge is 0.238 e. The van der Waals surface area contributed by atoms with E-state index in [0.717, 1.165) is 44.0 Å². The van der Waals surface area contributed by atoms with Gasteiger partial charge < -0.3 is 0 Å². The molecule has 3 heterocycles. The lowest BCUT2D eigenvalue weighted by molar-refractivity contribution is 0.661. The van der Waals surface area contributed by atoms with Crippen molar-refractivity contribution in [3.8, 4) is 62.1 Å². The lowest BCUT2D eigenvalue weighted by Crippen LogP contribution is -2.15. The summed E-state index contributed by atoms with van der Waals surface area (Å²) in [5.74, 6) is 1.85. The zero-order valence-electron chi connectivity index (χ0n) is 30.2. The van der Waals surface area contributed by atoms with Crippen LogP contribution in [0.1, 0.15) is 25.0 Å². The minimum Gasteiger partial charge on any atom is -0.278 e.